The minimum atomic E-state index is -0.308. The molecule has 6 nitrogen and oxygen atoms in total. The highest BCUT2D eigenvalue weighted by atomic mass is 16.5. The molecule has 2 aliphatic rings. The van der Waals surface area contributed by atoms with E-state index in [1.165, 1.54) is 36.3 Å². The van der Waals surface area contributed by atoms with Gasteiger partial charge in [-0.05, 0) is 39.2 Å². The van der Waals surface area contributed by atoms with Crippen LogP contribution >= 0.6 is 0 Å². The van der Waals surface area contributed by atoms with E-state index >= 15 is 0 Å². The molecule has 6 heteroatoms. The lowest BCUT2D eigenvalue weighted by Crippen LogP contribution is -2.49. The van der Waals surface area contributed by atoms with Crippen molar-refractivity contribution in [2.75, 3.05) is 26.7 Å². The third-order valence-electron chi connectivity index (χ3n) is 5.59. The lowest BCUT2D eigenvalue weighted by molar-refractivity contribution is -0.0353. The van der Waals surface area contributed by atoms with E-state index < -0.39 is 0 Å². The topological polar surface area (TPSA) is 67.3 Å². The summed E-state index contributed by atoms with van der Waals surface area (Å²) < 4.78 is 7.03. The number of hydrogen-bond acceptors (Lipinski definition) is 4. The van der Waals surface area contributed by atoms with Crippen LogP contribution in [0.2, 0.25) is 0 Å². The molecule has 0 bridgehead atoms. The maximum atomic E-state index is 12.0. The first-order valence-electron chi connectivity index (χ1n) is 8.60. The molecule has 0 aromatic carbocycles. The Labute approximate surface area is 136 Å². The number of rotatable bonds is 4. The summed E-state index contributed by atoms with van der Waals surface area (Å²) in [6, 6.07) is 1.48. The predicted octanol–water partition coefficient (Wildman–Crippen LogP) is 1.13. The second kappa shape index (κ2) is 6.61. The molecule has 2 fully saturated rings. The Hall–Kier alpha value is -1.40. The number of methoxy groups -OCH3 is 1. The van der Waals surface area contributed by atoms with Crippen molar-refractivity contribution in [1.29, 1.82) is 0 Å². The molecule has 1 N–H and O–H groups in total. The molecule has 1 aromatic heterocycles. The number of aromatic amines is 1. The first kappa shape index (κ1) is 16.5. The van der Waals surface area contributed by atoms with Crippen molar-refractivity contribution in [2.45, 2.75) is 51.7 Å². The number of hydrogen-bond donors (Lipinski definition) is 1. The number of aromatic nitrogens is 2. The zero-order valence-corrected chi connectivity index (χ0v) is 14.1. The molecular weight excluding hydrogens is 294 g/mol. The van der Waals surface area contributed by atoms with E-state index in [0.29, 0.717) is 18.3 Å². The van der Waals surface area contributed by atoms with Crippen LogP contribution in [-0.4, -0.2) is 47.3 Å². The Morgan fingerprint density at radius 3 is 2.83 bits per heavy atom. The number of nitrogens with zero attached hydrogens (tertiary/aromatic N) is 2. The minimum Gasteiger partial charge on any atom is -0.381 e. The lowest BCUT2D eigenvalue weighted by Gasteiger charge is -2.43. The summed E-state index contributed by atoms with van der Waals surface area (Å²) in [6.07, 6.45) is 6.38. The van der Waals surface area contributed by atoms with Crippen molar-refractivity contribution in [3.63, 3.8) is 0 Å². The van der Waals surface area contributed by atoms with Crippen LogP contribution in [0.25, 0.3) is 0 Å². The van der Waals surface area contributed by atoms with Gasteiger partial charge < -0.3 is 14.6 Å². The summed E-state index contributed by atoms with van der Waals surface area (Å²) >= 11 is 0. The van der Waals surface area contributed by atoms with Crippen molar-refractivity contribution in [3.05, 3.63) is 32.6 Å². The Morgan fingerprint density at radius 2 is 2.09 bits per heavy atom. The monoisotopic (exact) mass is 321 g/mol. The van der Waals surface area contributed by atoms with E-state index in [4.69, 9.17) is 4.74 Å². The van der Waals surface area contributed by atoms with Crippen molar-refractivity contribution in [1.82, 2.24) is 14.5 Å². The van der Waals surface area contributed by atoms with Crippen LogP contribution in [0.5, 0.6) is 0 Å². The Morgan fingerprint density at radius 1 is 1.30 bits per heavy atom. The number of aryl methyl sites for hydroxylation is 1. The second-order valence-electron chi connectivity index (χ2n) is 7.11. The highest BCUT2D eigenvalue weighted by molar-refractivity contribution is 4.98. The number of H-pyrrole nitrogens is 1. The molecule has 2 atom stereocenters. The summed E-state index contributed by atoms with van der Waals surface area (Å²) in [6.45, 7) is 4.97. The molecule has 1 aromatic rings. The number of piperidine rings is 1. The predicted molar refractivity (Wildman–Crippen MR) is 88.8 cm³/mol. The van der Waals surface area contributed by atoms with E-state index in [-0.39, 0.29) is 16.7 Å². The van der Waals surface area contributed by atoms with E-state index in [0.717, 1.165) is 26.1 Å². The number of ether oxygens (including phenoxy) is 1. The first-order chi connectivity index (χ1) is 11.0. The highest BCUT2D eigenvalue weighted by Gasteiger charge is 2.45. The Kier molecular flexibility index (Phi) is 4.73. The fourth-order valence-electron chi connectivity index (χ4n) is 4.48. The third kappa shape index (κ3) is 3.28. The first-order valence-corrected chi connectivity index (χ1v) is 8.60. The minimum absolute atomic E-state index is 0.214. The number of nitrogens with one attached hydrogen (secondary N) is 1. The summed E-state index contributed by atoms with van der Waals surface area (Å²) in [5.41, 5.74) is 0.366. The van der Waals surface area contributed by atoms with Gasteiger partial charge in [-0.3, -0.25) is 9.36 Å². The van der Waals surface area contributed by atoms with Crippen LogP contribution in [-0.2, 0) is 11.3 Å². The second-order valence-corrected chi connectivity index (χ2v) is 7.11. The standard InChI is InChI=1S/C17H27N3O3/c1-13-11-15(21)20(16(22)18-13)10-9-19-8-4-7-17(12-19)6-3-5-14(17)23-2/h11,14H,3-10,12H2,1-2H3,(H,18,22)/t14-,17-/m1/s1. The van der Waals surface area contributed by atoms with Gasteiger partial charge in [-0.1, -0.05) is 6.42 Å². The van der Waals surface area contributed by atoms with Gasteiger partial charge >= 0.3 is 5.69 Å². The average molecular weight is 321 g/mol. The fraction of sp³-hybridized carbons (Fsp3) is 0.765. The van der Waals surface area contributed by atoms with Gasteiger partial charge in [0.1, 0.15) is 0 Å². The van der Waals surface area contributed by atoms with Crippen molar-refractivity contribution < 1.29 is 4.74 Å². The smallest absolute Gasteiger partial charge is 0.328 e. The van der Waals surface area contributed by atoms with Crippen molar-refractivity contribution in [3.8, 4) is 0 Å². The molecular formula is C17H27N3O3. The average Bonchev–Trinajstić information content (AvgIpc) is 2.88. The maximum Gasteiger partial charge on any atom is 0.328 e. The van der Waals surface area contributed by atoms with Gasteiger partial charge in [0.2, 0.25) is 0 Å². The molecule has 128 valence electrons. The van der Waals surface area contributed by atoms with Crippen LogP contribution in [0.1, 0.15) is 37.8 Å². The molecule has 23 heavy (non-hydrogen) atoms. The van der Waals surface area contributed by atoms with Crippen molar-refractivity contribution >= 4 is 0 Å². The van der Waals surface area contributed by atoms with Crippen LogP contribution < -0.4 is 11.2 Å². The van der Waals surface area contributed by atoms with E-state index in [1.807, 2.05) is 7.11 Å². The Balaban J connectivity index is 1.67. The lowest BCUT2D eigenvalue weighted by atomic mass is 9.76. The van der Waals surface area contributed by atoms with Crippen LogP contribution in [0.3, 0.4) is 0 Å². The highest BCUT2D eigenvalue weighted by Crippen LogP contribution is 2.46. The molecule has 0 amide bonds. The zero-order valence-electron chi connectivity index (χ0n) is 14.1. The van der Waals surface area contributed by atoms with Gasteiger partial charge in [0.05, 0.1) is 6.10 Å². The maximum absolute atomic E-state index is 12.0. The van der Waals surface area contributed by atoms with E-state index in [9.17, 15) is 9.59 Å². The van der Waals surface area contributed by atoms with Crippen molar-refractivity contribution in [2.24, 2.45) is 5.41 Å². The molecule has 3 rings (SSSR count). The van der Waals surface area contributed by atoms with E-state index in [1.54, 1.807) is 6.92 Å². The summed E-state index contributed by atoms with van der Waals surface area (Å²) in [4.78, 5) is 29.0. The van der Waals surface area contributed by atoms with Crippen LogP contribution in [0.15, 0.2) is 15.7 Å². The summed E-state index contributed by atoms with van der Waals surface area (Å²) in [7, 11) is 1.82. The molecule has 0 unspecified atom stereocenters. The van der Waals surface area contributed by atoms with Gasteiger partial charge in [-0.2, -0.15) is 0 Å². The molecule has 1 saturated carbocycles. The quantitative estimate of drug-likeness (QED) is 0.902. The molecule has 1 aliphatic heterocycles. The van der Waals surface area contributed by atoms with Gasteiger partial charge in [0.15, 0.2) is 0 Å². The normalized spacial score (nSPS) is 28.5. The molecule has 0 radical (unpaired) electrons. The van der Waals surface area contributed by atoms with Gasteiger partial charge in [-0.15, -0.1) is 0 Å². The summed E-state index contributed by atoms with van der Waals surface area (Å²) in [5.74, 6) is 0. The van der Waals surface area contributed by atoms with Gasteiger partial charge in [-0.25, -0.2) is 4.79 Å². The molecule has 1 spiro atoms. The third-order valence-corrected chi connectivity index (χ3v) is 5.59. The summed E-state index contributed by atoms with van der Waals surface area (Å²) in [5, 5.41) is 0. The van der Waals surface area contributed by atoms with Gasteiger partial charge in [0.25, 0.3) is 5.56 Å². The van der Waals surface area contributed by atoms with Crippen LogP contribution in [0.4, 0.5) is 0 Å². The Bertz CT molecular complexity index is 635. The molecule has 1 saturated heterocycles. The molecule has 1 aliphatic carbocycles. The number of likely N-dealkylation sites (tertiary alicyclic amines) is 1. The largest absolute Gasteiger partial charge is 0.381 e. The zero-order chi connectivity index (χ0) is 16.4. The fourth-order valence-corrected chi connectivity index (χ4v) is 4.48. The molecule has 2 heterocycles. The van der Waals surface area contributed by atoms with Crippen LogP contribution in [0, 0.1) is 12.3 Å². The SMILES string of the molecule is CO[C@@H]1CCC[C@]12CCCN(CCn1c(=O)cc(C)[nH]c1=O)C2. The van der Waals surface area contributed by atoms with Gasteiger partial charge in [0, 0.05) is 43.9 Å². The van der Waals surface area contributed by atoms with E-state index in [2.05, 4.69) is 9.88 Å².